The smallest absolute Gasteiger partial charge is 0.404 e. The molecule has 26 heavy (non-hydrogen) atoms. The van der Waals surface area contributed by atoms with Crippen LogP contribution in [-0.2, 0) is 14.3 Å². The summed E-state index contributed by atoms with van der Waals surface area (Å²) in [5.74, 6) is -3.39. The van der Waals surface area contributed by atoms with Crippen LogP contribution in [0.25, 0.3) is 0 Å². The second-order valence-corrected chi connectivity index (χ2v) is 6.87. The molecule has 0 aliphatic carbocycles. The van der Waals surface area contributed by atoms with E-state index in [1.165, 1.54) is 6.42 Å². The van der Waals surface area contributed by atoms with Crippen molar-refractivity contribution in [2.75, 3.05) is 19.8 Å². The lowest BCUT2D eigenvalue weighted by molar-refractivity contribution is -0.206. The van der Waals surface area contributed by atoms with E-state index in [0.29, 0.717) is 6.42 Å². The van der Waals surface area contributed by atoms with E-state index < -0.39 is 24.7 Å². The zero-order chi connectivity index (χ0) is 19.7. The van der Waals surface area contributed by atoms with Crippen LogP contribution < -0.4 is 0 Å². The van der Waals surface area contributed by atoms with Crippen molar-refractivity contribution in [2.45, 2.75) is 97.1 Å². The summed E-state index contributed by atoms with van der Waals surface area (Å²) in [6, 6.07) is 0. The molecular weight excluding hydrogens is 345 g/mol. The third-order valence-corrected chi connectivity index (χ3v) is 4.35. The van der Waals surface area contributed by atoms with Crippen LogP contribution in [0.2, 0.25) is 0 Å². The molecule has 156 valence electrons. The summed E-state index contributed by atoms with van der Waals surface area (Å²) in [5.41, 5.74) is 0. The second kappa shape index (κ2) is 16.4. The number of esters is 1. The van der Waals surface area contributed by atoms with Gasteiger partial charge in [-0.05, 0) is 12.8 Å². The molecule has 0 aliphatic heterocycles. The van der Waals surface area contributed by atoms with Gasteiger partial charge in [0.25, 0.3) is 0 Å². The van der Waals surface area contributed by atoms with Crippen LogP contribution in [0.5, 0.6) is 0 Å². The molecule has 1 unspecified atom stereocenters. The van der Waals surface area contributed by atoms with Crippen molar-refractivity contribution in [1.29, 1.82) is 0 Å². The van der Waals surface area contributed by atoms with Crippen molar-refractivity contribution >= 4 is 5.97 Å². The highest BCUT2D eigenvalue weighted by Gasteiger charge is 2.46. The van der Waals surface area contributed by atoms with Crippen molar-refractivity contribution < 1.29 is 27.4 Å². The Morgan fingerprint density at radius 1 is 0.769 bits per heavy atom. The standard InChI is InChI=1S/C20H37F3O3/c1-3-5-7-9-11-13-15-25-17-18(20(21,22)23)19(24)26-16-14-12-10-8-6-4-2/h18H,3-17H2,1-2H3. The molecule has 0 heterocycles. The van der Waals surface area contributed by atoms with Crippen molar-refractivity contribution in [3.8, 4) is 0 Å². The van der Waals surface area contributed by atoms with E-state index in [2.05, 4.69) is 13.8 Å². The predicted octanol–water partition coefficient (Wildman–Crippen LogP) is 6.45. The first-order chi connectivity index (χ1) is 12.4. The van der Waals surface area contributed by atoms with Crippen molar-refractivity contribution in [1.82, 2.24) is 0 Å². The van der Waals surface area contributed by atoms with E-state index >= 15 is 0 Å². The Balaban J connectivity index is 3.91. The van der Waals surface area contributed by atoms with E-state index in [0.717, 1.165) is 64.2 Å². The number of halogens is 3. The van der Waals surface area contributed by atoms with Crippen LogP contribution >= 0.6 is 0 Å². The molecule has 0 aromatic heterocycles. The minimum Gasteiger partial charge on any atom is -0.465 e. The van der Waals surface area contributed by atoms with Crippen molar-refractivity contribution in [3.63, 3.8) is 0 Å². The highest BCUT2D eigenvalue weighted by Crippen LogP contribution is 2.28. The minimum atomic E-state index is -4.63. The Hall–Kier alpha value is -0.780. The third kappa shape index (κ3) is 14.4. The van der Waals surface area contributed by atoms with Gasteiger partial charge in [0.15, 0.2) is 5.92 Å². The van der Waals surface area contributed by atoms with E-state index in [9.17, 15) is 18.0 Å². The molecule has 0 rings (SSSR count). The van der Waals surface area contributed by atoms with Crippen molar-refractivity contribution in [3.05, 3.63) is 0 Å². The summed E-state index contributed by atoms with van der Waals surface area (Å²) in [5, 5.41) is 0. The molecule has 6 heteroatoms. The highest BCUT2D eigenvalue weighted by atomic mass is 19.4. The Morgan fingerprint density at radius 2 is 1.23 bits per heavy atom. The molecule has 0 saturated heterocycles. The molecule has 0 aliphatic rings. The fourth-order valence-corrected chi connectivity index (χ4v) is 2.64. The highest BCUT2D eigenvalue weighted by molar-refractivity contribution is 5.73. The van der Waals surface area contributed by atoms with Gasteiger partial charge < -0.3 is 9.47 Å². The lowest BCUT2D eigenvalue weighted by Crippen LogP contribution is -2.36. The molecule has 0 aromatic carbocycles. The summed E-state index contributed by atoms with van der Waals surface area (Å²) < 4.78 is 49.0. The lowest BCUT2D eigenvalue weighted by atomic mass is 10.1. The summed E-state index contributed by atoms with van der Waals surface area (Å²) in [7, 11) is 0. The third-order valence-electron chi connectivity index (χ3n) is 4.35. The van der Waals surface area contributed by atoms with E-state index in [1.54, 1.807) is 0 Å². The Labute approximate surface area is 157 Å². The molecule has 0 N–H and O–H groups in total. The number of rotatable bonds is 17. The SMILES string of the molecule is CCCCCCCCOCC(C(=O)OCCCCCCCC)C(F)(F)F. The fraction of sp³-hybridized carbons (Fsp3) is 0.950. The van der Waals surface area contributed by atoms with Gasteiger partial charge in [0.05, 0.1) is 13.2 Å². The molecule has 0 saturated carbocycles. The van der Waals surface area contributed by atoms with Crippen LogP contribution in [0.15, 0.2) is 0 Å². The number of carbonyl (C=O) groups is 1. The average Bonchev–Trinajstić information content (AvgIpc) is 2.58. The Morgan fingerprint density at radius 3 is 1.73 bits per heavy atom. The van der Waals surface area contributed by atoms with Gasteiger partial charge in [-0.1, -0.05) is 78.1 Å². The number of hydrogen-bond donors (Lipinski definition) is 0. The first kappa shape index (κ1) is 25.2. The number of carbonyl (C=O) groups excluding carboxylic acids is 1. The minimum absolute atomic E-state index is 0.0506. The van der Waals surface area contributed by atoms with Gasteiger partial charge in [0.1, 0.15) is 0 Å². The van der Waals surface area contributed by atoms with E-state index in [4.69, 9.17) is 9.47 Å². The molecule has 0 radical (unpaired) electrons. The van der Waals surface area contributed by atoms with Gasteiger partial charge in [0.2, 0.25) is 0 Å². The summed E-state index contributed by atoms with van der Waals surface area (Å²) >= 11 is 0. The topological polar surface area (TPSA) is 35.5 Å². The monoisotopic (exact) mass is 382 g/mol. The maximum Gasteiger partial charge on any atom is 0.404 e. The maximum absolute atomic E-state index is 13.0. The summed E-state index contributed by atoms with van der Waals surface area (Å²) in [6.45, 7) is 3.91. The molecular formula is C20H37F3O3. The van der Waals surface area contributed by atoms with E-state index in [1.807, 2.05) is 0 Å². The van der Waals surface area contributed by atoms with Crippen LogP contribution in [0.1, 0.15) is 90.9 Å². The van der Waals surface area contributed by atoms with Crippen LogP contribution in [-0.4, -0.2) is 32.0 Å². The van der Waals surface area contributed by atoms with Gasteiger partial charge in [-0.15, -0.1) is 0 Å². The predicted molar refractivity (Wildman–Crippen MR) is 98.1 cm³/mol. The van der Waals surface area contributed by atoms with Crippen molar-refractivity contribution in [2.24, 2.45) is 5.92 Å². The molecule has 0 bridgehead atoms. The molecule has 0 amide bonds. The number of ether oxygens (including phenoxy) is 2. The van der Waals surface area contributed by atoms with Gasteiger partial charge in [-0.2, -0.15) is 13.2 Å². The zero-order valence-electron chi connectivity index (χ0n) is 16.5. The normalized spacial score (nSPS) is 13.0. The Kier molecular flexibility index (Phi) is 15.9. The van der Waals surface area contributed by atoms with Crippen LogP contribution in [0.4, 0.5) is 13.2 Å². The first-order valence-electron chi connectivity index (χ1n) is 10.2. The largest absolute Gasteiger partial charge is 0.465 e. The number of alkyl halides is 3. The van der Waals surface area contributed by atoms with Gasteiger partial charge in [-0.3, -0.25) is 4.79 Å². The molecule has 3 nitrogen and oxygen atoms in total. The zero-order valence-corrected chi connectivity index (χ0v) is 16.5. The van der Waals surface area contributed by atoms with Crippen LogP contribution in [0.3, 0.4) is 0 Å². The second-order valence-electron chi connectivity index (χ2n) is 6.87. The summed E-state index contributed by atoms with van der Waals surface area (Å²) in [6.07, 6.45) is 7.51. The molecule has 0 fully saturated rings. The average molecular weight is 383 g/mol. The van der Waals surface area contributed by atoms with Gasteiger partial charge in [-0.25, -0.2) is 0 Å². The van der Waals surface area contributed by atoms with Gasteiger partial charge >= 0.3 is 12.1 Å². The summed E-state index contributed by atoms with van der Waals surface area (Å²) in [4.78, 5) is 11.7. The van der Waals surface area contributed by atoms with Gasteiger partial charge in [0, 0.05) is 6.61 Å². The molecule has 0 aromatic rings. The quantitative estimate of drug-likeness (QED) is 0.214. The molecule has 0 spiro atoms. The molecule has 1 atom stereocenters. The van der Waals surface area contributed by atoms with Crippen LogP contribution in [0, 0.1) is 5.92 Å². The van der Waals surface area contributed by atoms with E-state index in [-0.39, 0.29) is 13.2 Å². The number of unbranched alkanes of at least 4 members (excludes halogenated alkanes) is 10. The lowest BCUT2D eigenvalue weighted by Gasteiger charge is -2.19. The number of hydrogen-bond acceptors (Lipinski definition) is 3. The Bertz CT molecular complexity index is 333. The maximum atomic E-state index is 13.0. The fourth-order valence-electron chi connectivity index (χ4n) is 2.64. The first-order valence-corrected chi connectivity index (χ1v) is 10.2.